The van der Waals surface area contributed by atoms with Gasteiger partial charge in [0.1, 0.15) is 0 Å². The largest absolute Gasteiger partial charge is 0.379 e. The Morgan fingerprint density at radius 3 is 2.54 bits per heavy atom. The Bertz CT molecular complexity index is 321. The van der Waals surface area contributed by atoms with Crippen molar-refractivity contribution < 1.29 is 4.52 Å². The number of hydrogen-bond acceptors (Lipinski definition) is 4. The molecule has 72 valence electrons. The molecule has 1 rings (SSSR count). The monoisotopic (exact) mass is 182 g/mol. The van der Waals surface area contributed by atoms with Gasteiger partial charge in [-0.15, -0.1) is 0 Å². The fourth-order valence-corrected chi connectivity index (χ4v) is 0.813. The highest BCUT2D eigenvalue weighted by Gasteiger charge is 2.19. The molecule has 0 atom stereocenters. The summed E-state index contributed by atoms with van der Waals surface area (Å²) in [5.74, 6) is 5.56. The first kappa shape index (κ1) is 9.57. The second-order valence-corrected chi connectivity index (χ2v) is 3.84. The maximum Gasteiger partial charge on any atom is 0.203 e. The van der Waals surface area contributed by atoms with Crippen LogP contribution in [0.1, 0.15) is 32.2 Å². The second kappa shape index (κ2) is 3.08. The summed E-state index contributed by atoms with van der Waals surface area (Å²) in [7, 11) is 0. The van der Waals surface area contributed by atoms with E-state index in [1.807, 2.05) is 20.8 Å². The molecule has 0 saturated heterocycles. The highest BCUT2D eigenvalue weighted by atomic mass is 16.5. The van der Waals surface area contributed by atoms with Crippen LogP contribution in [0.3, 0.4) is 0 Å². The van der Waals surface area contributed by atoms with Gasteiger partial charge in [-0.1, -0.05) is 25.9 Å². The second-order valence-electron chi connectivity index (χ2n) is 3.84. The van der Waals surface area contributed by atoms with Gasteiger partial charge in [0.25, 0.3) is 0 Å². The van der Waals surface area contributed by atoms with E-state index in [-0.39, 0.29) is 11.3 Å². The van der Waals surface area contributed by atoms with E-state index >= 15 is 0 Å². The SMILES string of the molecule is CC(C)(C)c1cc(C(N)=NN)on1. The zero-order valence-electron chi connectivity index (χ0n) is 8.03. The molecule has 5 heteroatoms. The minimum absolute atomic E-state index is 0.0589. The summed E-state index contributed by atoms with van der Waals surface area (Å²) in [4.78, 5) is 0. The smallest absolute Gasteiger partial charge is 0.203 e. The lowest BCUT2D eigenvalue weighted by Gasteiger charge is -2.12. The van der Waals surface area contributed by atoms with Crippen molar-refractivity contribution >= 4 is 5.84 Å². The van der Waals surface area contributed by atoms with Crippen molar-refractivity contribution in [3.05, 3.63) is 17.5 Å². The third-order valence-corrected chi connectivity index (χ3v) is 1.67. The van der Waals surface area contributed by atoms with E-state index in [9.17, 15) is 0 Å². The lowest BCUT2D eigenvalue weighted by molar-refractivity contribution is 0.387. The number of nitrogens with two attached hydrogens (primary N) is 2. The fraction of sp³-hybridized carbons (Fsp3) is 0.500. The molecule has 0 amide bonds. The number of amidine groups is 1. The summed E-state index contributed by atoms with van der Waals surface area (Å²) < 4.78 is 4.96. The molecule has 0 saturated carbocycles. The maximum absolute atomic E-state index is 5.44. The number of hydrazone groups is 1. The molecule has 0 fully saturated rings. The Balaban J connectivity index is 3.00. The summed E-state index contributed by atoms with van der Waals surface area (Å²) in [6.45, 7) is 6.10. The quantitative estimate of drug-likeness (QED) is 0.287. The van der Waals surface area contributed by atoms with Gasteiger partial charge in [-0.05, 0) is 0 Å². The normalized spacial score (nSPS) is 13.3. The van der Waals surface area contributed by atoms with Crippen LogP contribution in [-0.4, -0.2) is 11.0 Å². The van der Waals surface area contributed by atoms with Crippen molar-refractivity contribution in [2.45, 2.75) is 26.2 Å². The molecule has 0 spiro atoms. The number of hydrogen-bond donors (Lipinski definition) is 2. The summed E-state index contributed by atoms with van der Waals surface area (Å²) in [6, 6.07) is 1.74. The van der Waals surface area contributed by atoms with Crippen LogP contribution in [0.25, 0.3) is 0 Å². The van der Waals surface area contributed by atoms with Gasteiger partial charge < -0.3 is 16.1 Å². The fourth-order valence-electron chi connectivity index (χ4n) is 0.813. The predicted molar refractivity (Wildman–Crippen MR) is 50.1 cm³/mol. The Kier molecular flexibility index (Phi) is 2.27. The number of rotatable bonds is 1. The molecule has 1 heterocycles. The van der Waals surface area contributed by atoms with Crippen LogP contribution in [-0.2, 0) is 5.41 Å². The van der Waals surface area contributed by atoms with Crippen LogP contribution in [0.4, 0.5) is 0 Å². The van der Waals surface area contributed by atoms with E-state index in [1.54, 1.807) is 6.07 Å². The van der Waals surface area contributed by atoms with Gasteiger partial charge in [0, 0.05) is 11.5 Å². The van der Waals surface area contributed by atoms with Gasteiger partial charge in [-0.2, -0.15) is 5.10 Å². The highest BCUT2D eigenvalue weighted by molar-refractivity contribution is 5.94. The van der Waals surface area contributed by atoms with Crippen LogP contribution in [0, 0.1) is 0 Å². The first-order chi connectivity index (χ1) is 5.95. The van der Waals surface area contributed by atoms with Crippen molar-refractivity contribution in [2.24, 2.45) is 16.7 Å². The first-order valence-electron chi connectivity index (χ1n) is 3.96. The Morgan fingerprint density at radius 1 is 1.54 bits per heavy atom. The van der Waals surface area contributed by atoms with Crippen molar-refractivity contribution in [3.63, 3.8) is 0 Å². The van der Waals surface area contributed by atoms with Crippen LogP contribution in [0.5, 0.6) is 0 Å². The molecule has 0 aliphatic carbocycles. The molecular weight excluding hydrogens is 168 g/mol. The number of nitrogens with zero attached hydrogens (tertiary/aromatic N) is 2. The third-order valence-electron chi connectivity index (χ3n) is 1.67. The van der Waals surface area contributed by atoms with E-state index in [1.165, 1.54) is 0 Å². The summed E-state index contributed by atoms with van der Waals surface area (Å²) >= 11 is 0. The molecule has 0 aliphatic rings. The molecule has 0 aromatic carbocycles. The molecule has 0 unspecified atom stereocenters. The van der Waals surface area contributed by atoms with Crippen molar-refractivity contribution in [2.75, 3.05) is 0 Å². The number of aromatic nitrogens is 1. The van der Waals surface area contributed by atoms with Crippen LogP contribution in [0.2, 0.25) is 0 Å². The van der Waals surface area contributed by atoms with Gasteiger partial charge in [-0.25, -0.2) is 0 Å². The highest BCUT2D eigenvalue weighted by Crippen LogP contribution is 2.21. The molecule has 1 aromatic heterocycles. The van der Waals surface area contributed by atoms with Gasteiger partial charge >= 0.3 is 0 Å². The van der Waals surface area contributed by atoms with Crippen molar-refractivity contribution in [3.8, 4) is 0 Å². The molecule has 0 aliphatic heterocycles. The molecule has 0 bridgehead atoms. The standard InChI is InChI=1S/C8H14N4O/c1-8(2,3)6-4-5(13-12-6)7(9)11-10/h4H,10H2,1-3H3,(H2,9,11). The van der Waals surface area contributed by atoms with E-state index in [2.05, 4.69) is 10.3 Å². The Morgan fingerprint density at radius 2 is 2.15 bits per heavy atom. The maximum atomic E-state index is 5.44. The Hall–Kier alpha value is -1.52. The molecule has 0 radical (unpaired) electrons. The molecular formula is C8H14N4O. The topological polar surface area (TPSA) is 90.4 Å². The van der Waals surface area contributed by atoms with Crippen molar-refractivity contribution in [1.29, 1.82) is 0 Å². The minimum Gasteiger partial charge on any atom is -0.379 e. The summed E-state index contributed by atoms with van der Waals surface area (Å²) in [5.41, 5.74) is 6.21. The average Bonchev–Trinajstić information content (AvgIpc) is 2.50. The van der Waals surface area contributed by atoms with Crippen LogP contribution < -0.4 is 11.6 Å². The van der Waals surface area contributed by atoms with E-state index in [0.29, 0.717) is 5.76 Å². The van der Waals surface area contributed by atoms with Crippen LogP contribution in [0.15, 0.2) is 15.7 Å². The first-order valence-corrected chi connectivity index (χ1v) is 3.96. The lowest BCUT2D eigenvalue weighted by Crippen LogP contribution is -2.15. The minimum atomic E-state index is -0.0589. The van der Waals surface area contributed by atoms with Crippen molar-refractivity contribution in [1.82, 2.24) is 5.16 Å². The molecule has 5 nitrogen and oxygen atoms in total. The summed E-state index contributed by atoms with van der Waals surface area (Å²) in [6.07, 6.45) is 0. The average molecular weight is 182 g/mol. The van der Waals surface area contributed by atoms with Gasteiger partial charge in [-0.3, -0.25) is 0 Å². The van der Waals surface area contributed by atoms with E-state index < -0.39 is 0 Å². The zero-order chi connectivity index (χ0) is 10.1. The van der Waals surface area contributed by atoms with E-state index in [0.717, 1.165) is 5.69 Å². The summed E-state index contributed by atoms with van der Waals surface area (Å²) in [5, 5.41) is 7.18. The molecule has 13 heavy (non-hydrogen) atoms. The third kappa shape index (κ3) is 1.99. The van der Waals surface area contributed by atoms with Gasteiger partial charge in [0.2, 0.25) is 5.76 Å². The Labute approximate surface area is 76.8 Å². The van der Waals surface area contributed by atoms with Gasteiger partial charge in [0.15, 0.2) is 5.84 Å². The lowest BCUT2D eigenvalue weighted by atomic mass is 9.92. The van der Waals surface area contributed by atoms with E-state index in [4.69, 9.17) is 16.1 Å². The van der Waals surface area contributed by atoms with Gasteiger partial charge in [0.05, 0.1) is 5.69 Å². The van der Waals surface area contributed by atoms with Crippen LogP contribution >= 0.6 is 0 Å². The molecule has 4 N–H and O–H groups in total. The zero-order valence-corrected chi connectivity index (χ0v) is 8.03. The predicted octanol–water partition coefficient (Wildman–Crippen LogP) is 0.551. The molecule has 1 aromatic rings.